The van der Waals surface area contributed by atoms with Crippen molar-refractivity contribution in [3.63, 3.8) is 0 Å². The third-order valence-electron chi connectivity index (χ3n) is 2.89. The Balaban J connectivity index is 0.000000595. The highest BCUT2D eigenvalue weighted by Gasteiger charge is 2.13. The molecule has 4 nitrogen and oxygen atoms in total. The summed E-state index contributed by atoms with van der Waals surface area (Å²) in [4.78, 5) is 26.0. The second kappa shape index (κ2) is 8.64. The van der Waals surface area contributed by atoms with E-state index in [1.165, 1.54) is 11.8 Å². The van der Waals surface area contributed by atoms with Gasteiger partial charge in [0.1, 0.15) is 0 Å². The molecule has 0 amide bonds. The molecule has 2 aromatic carbocycles. The number of nitrogens with zero attached hydrogens (tertiary/aromatic N) is 1. The average molecular weight is 437 g/mol. The van der Waals surface area contributed by atoms with E-state index >= 15 is 0 Å². The van der Waals surface area contributed by atoms with E-state index in [2.05, 4.69) is 27.6 Å². The predicted octanol–water partition coefficient (Wildman–Crippen LogP) is 4.47. The number of fused-ring (bicyclic) bond motifs is 1. The SMILES string of the molecule is O=C(Sc1cccc2cccnc12)c1ccccc1I.O=CO. The number of halogens is 1. The van der Waals surface area contributed by atoms with Crippen molar-refractivity contribution in [2.75, 3.05) is 0 Å². The van der Waals surface area contributed by atoms with Gasteiger partial charge in [0.25, 0.3) is 6.47 Å². The maximum absolute atomic E-state index is 12.4. The molecule has 3 aromatic rings. The van der Waals surface area contributed by atoms with Crippen LogP contribution in [0.5, 0.6) is 0 Å². The van der Waals surface area contributed by atoms with Crippen LogP contribution in [0.2, 0.25) is 0 Å². The topological polar surface area (TPSA) is 67.3 Å². The van der Waals surface area contributed by atoms with Crippen molar-refractivity contribution in [1.29, 1.82) is 0 Å². The van der Waals surface area contributed by atoms with Crippen molar-refractivity contribution in [3.05, 3.63) is 69.9 Å². The van der Waals surface area contributed by atoms with Gasteiger partial charge in [-0.1, -0.05) is 30.3 Å². The first-order valence-electron chi connectivity index (χ1n) is 6.55. The first-order valence-corrected chi connectivity index (χ1v) is 8.45. The van der Waals surface area contributed by atoms with Crippen molar-refractivity contribution in [1.82, 2.24) is 4.98 Å². The fourth-order valence-corrected chi connectivity index (χ4v) is 3.66. The van der Waals surface area contributed by atoms with Crippen LogP contribution in [0.1, 0.15) is 10.4 Å². The van der Waals surface area contributed by atoms with E-state index in [1.807, 2.05) is 54.6 Å². The van der Waals surface area contributed by atoms with Gasteiger partial charge in [0.05, 0.1) is 5.52 Å². The molecule has 6 heteroatoms. The van der Waals surface area contributed by atoms with Gasteiger partial charge in [0, 0.05) is 25.6 Å². The van der Waals surface area contributed by atoms with E-state index in [4.69, 9.17) is 9.90 Å². The maximum atomic E-state index is 12.4. The summed E-state index contributed by atoms with van der Waals surface area (Å²) in [7, 11) is 0. The number of pyridine rings is 1. The number of thioether (sulfide) groups is 1. The second-order valence-corrected chi connectivity index (χ2v) is 6.48. The minimum Gasteiger partial charge on any atom is -0.483 e. The number of hydrogen-bond acceptors (Lipinski definition) is 4. The fourth-order valence-electron chi connectivity index (χ4n) is 1.94. The number of hydrogen-bond donors (Lipinski definition) is 1. The summed E-state index contributed by atoms with van der Waals surface area (Å²) in [6.07, 6.45) is 1.75. The molecule has 116 valence electrons. The number of carbonyl (C=O) groups is 2. The van der Waals surface area contributed by atoms with Crippen LogP contribution in [0.25, 0.3) is 10.9 Å². The van der Waals surface area contributed by atoms with Crippen LogP contribution in [-0.2, 0) is 4.79 Å². The predicted molar refractivity (Wildman–Crippen MR) is 99.8 cm³/mol. The molecule has 3 rings (SSSR count). The number of carbonyl (C=O) groups excluding carboxylic acids is 1. The van der Waals surface area contributed by atoms with Crippen LogP contribution >= 0.6 is 34.4 Å². The van der Waals surface area contributed by atoms with Crippen LogP contribution in [-0.4, -0.2) is 21.7 Å². The number of aromatic nitrogens is 1. The molecule has 1 N–H and O–H groups in total. The molecular weight excluding hydrogens is 425 g/mol. The van der Waals surface area contributed by atoms with E-state index < -0.39 is 0 Å². The first kappa shape index (κ1) is 17.4. The summed E-state index contributed by atoms with van der Waals surface area (Å²) in [5.74, 6) is 0. The van der Waals surface area contributed by atoms with Crippen LogP contribution < -0.4 is 0 Å². The Morgan fingerprint density at radius 1 is 1.09 bits per heavy atom. The van der Waals surface area contributed by atoms with Crippen molar-refractivity contribution in [2.45, 2.75) is 4.90 Å². The van der Waals surface area contributed by atoms with Crippen LogP contribution in [0.15, 0.2) is 65.7 Å². The van der Waals surface area contributed by atoms with Crippen molar-refractivity contribution in [3.8, 4) is 0 Å². The van der Waals surface area contributed by atoms with Gasteiger partial charge in [-0.05, 0) is 58.6 Å². The summed E-state index contributed by atoms with van der Waals surface area (Å²) in [6.45, 7) is -0.250. The standard InChI is InChI=1S/C16H10INOS.CH2O2/c17-13-8-2-1-7-12(13)16(19)20-14-9-3-5-11-6-4-10-18-15(11)14;2-1-3/h1-10H;1H,(H,2,3). The largest absolute Gasteiger partial charge is 0.483 e. The molecule has 0 bridgehead atoms. The fraction of sp³-hybridized carbons (Fsp3) is 0. The van der Waals surface area contributed by atoms with E-state index in [0.717, 1.165) is 24.9 Å². The van der Waals surface area contributed by atoms with E-state index in [1.54, 1.807) is 6.20 Å². The molecule has 0 unspecified atom stereocenters. The van der Waals surface area contributed by atoms with Gasteiger partial charge in [0.15, 0.2) is 0 Å². The highest BCUT2D eigenvalue weighted by Crippen LogP contribution is 2.30. The van der Waals surface area contributed by atoms with Gasteiger partial charge in [-0.2, -0.15) is 0 Å². The molecule has 0 aliphatic rings. The van der Waals surface area contributed by atoms with Crippen LogP contribution in [0.3, 0.4) is 0 Å². The van der Waals surface area contributed by atoms with Crippen molar-refractivity contribution < 1.29 is 14.7 Å². The third-order valence-corrected chi connectivity index (χ3v) is 4.79. The van der Waals surface area contributed by atoms with Gasteiger partial charge >= 0.3 is 0 Å². The maximum Gasteiger partial charge on any atom is 0.290 e. The summed E-state index contributed by atoms with van der Waals surface area (Å²) in [5, 5.41) is 7.99. The number of rotatable bonds is 2. The van der Waals surface area contributed by atoms with Gasteiger partial charge in [-0.25, -0.2) is 0 Å². The van der Waals surface area contributed by atoms with Gasteiger partial charge in [0.2, 0.25) is 5.12 Å². The minimum atomic E-state index is -0.250. The second-order valence-electron chi connectivity index (χ2n) is 4.31. The Kier molecular flexibility index (Phi) is 6.54. The summed E-state index contributed by atoms with van der Waals surface area (Å²) >= 11 is 3.42. The van der Waals surface area contributed by atoms with E-state index in [0.29, 0.717) is 0 Å². The van der Waals surface area contributed by atoms with Crippen molar-refractivity contribution >= 4 is 56.8 Å². The van der Waals surface area contributed by atoms with Crippen molar-refractivity contribution in [2.24, 2.45) is 0 Å². The lowest BCUT2D eigenvalue weighted by atomic mass is 10.2. The lowest BCUT2D eigenvalue weighted by Gasteiger charge is -2.05. The molecule has 0 radical (unpaired) electrons. The Labute approximate surface area is 151 Å². The zero-order valence-corrected chi connectivity index (χ0v) is 14.8. The number of para-hydroxylation sites is 1. The summed E-state index contributed by atoms with van der Waals surface area (Å²) in [5.41, 5.74) is 1.62. The molecule has 0 spiro atoms. The zero-order chi connectivity index (χ0) is 16.7. The lowest BCUT2D eigenvalue weighted by Crippen LogP contribution is -1.96. The van der Waals surface area contributed by atoms with E-state index in [9.17, 15) is 4.79 Å². The molecule has 0 fully saturated rings. The molecule has 0 aliphatic heterocycles. The summed E-state index contributed by atoms with van der Waals surface area (Å²) < 4.78 is 0.968. The highest BCUT2D eigenvalue weighted by atomic mass is 127. The van der Waals surface area contributed by atoms with Gasteiger partial charge in [-0.3, -0.25) is 14.6 Å². The normalized spacial score (nSPS) is 9.78. The Hall–Kier alpha value is -1.93. The lowest BCUT2D eigenvalue weighted by molar-refractivity contribution is -0.122. The molecule has 1 heterocycles. The monoisotopic (exact) mass is 437 g/mol. The molecule has 0 aliphatic carbocycles. The number of carboxylic acid groups (broad SMARTS) is 1. The molecule has 23 heavy (non-hydrogen) atoms. The van der Waals surface area contributed by atoms with Crippen LogP contribution in [0.4, 0.5) is 0 Å². The molecule has 0 saturated carbocycles. The minimum absolute atomic E-state index is 0.0492. The average Bonchev–Trinajstić information content (AvgIpc) is 2.56. The molecular formula is C17H12INO3S. The Morgan fingerprint density at radius 2 is 1.78 bits per heavy atom. The molecule has 0 saturated heterocycles. The first-order chi connectivity index (χ1) is 11.2. The highest BCUT2D eigenvalue weighted by molar-refractivity contribution is 14.1. The zero-order valence-electron chi connectivity index (χ0n) is 11.8. The van der Waals surface area contributed by atoms with Crippen LogP contribution in [0, 0.1) is 3.57 Å². The molecule has 1 aromatic heterocycles. The Morgan fingerprint density at radius 3 is 2.52 bits per heavy atom. The Bertz CT molecular complexity index is 833. The molecule has 0 atom stereocenters. The van der Waals surface area contributed by atoms with Gasteiger partial charge < -0.3 is 5.11 Å². The van der Waals surface area contributed by atoms with E-state index in [-0.39, 0.29) is 11.6 Å². The number of benzene rings is 2. The smallest absolute Gasteiger partial charge is 0.290 e. The third kappa shape index (κ3) is 4.52. The van der Waals surface area contributed by atoms with Gasteiger partial charge in [-0.15, -0.1) is 0 Å². The quantitative estimate of drug-likeness (QED) is 0.364. The summed E-state index contributed by atoms with van der Waals surface area (Å²) in [6, 6.07) is 17.4.